The zero-order chi connectivity index (χ0) is 44.4. The smallest absolute Gasteiger partial charge is 0.295 e. The van der Waals surface area contributed by atoms with Gasteiger partial charge in [-0.15, -0.1) is 0 Å². The summed E-state index contributed by atoms with van der Waals surface area (Å²) in [6.45, 7) is 10.5. The number of ether oxygens (including phenoxy) is 2. The number of allylic oxidation sites excluding steroid dienone is 2. The fraction of sp³-hybridized carbons (Fsp3) is 0.395. The van der Waals surface area contributed by atoms with Crippen molar-refractivity contribution in [1.82, 2.24) is 38.9 Å². The zero-order valence-corrected chi connectivity index (χ0v) is 35.5. The van der Waals surface area contributed by atoms with E-state index in [9.17, 15) is 24.3 Å². The second-order valence-corrected chi connectivity index (χ2v) is 15.2. The number of imidazole rings is 2. The van der Waals surface area contributed by atoms with Crippen molar-refractivity contribution in [2.45, 2.75) is 60.0 Å². The van der Waals surface area contributed by atoms with Crippen LogP contribution in [0.4, 0.5) is 11.9 Å². The third-order valence-corrected chi connectivity index (χ3v) is 10.9. The maximum Gasteiger partial charge on any atom is 0.295 e. The van der Waals surface area contributed by atoms with E-state index >= 15 is 0 Å². The van der Waals surface area contributed by atoms with Gasteiger partial charge in [-0.1, -0.05) is 26.0 Å². The molecule has 63 heavy (non-hydrogen) atoms. The first-order chi connectivity index (χ1) is 30.5. The number of anilines is 2. The van der Waals surface area contributed by atoms with Gasteiger partial charge in [0.05, 0.1) is 42.2 Å². The average Bonchev–Trinajstić information content (AvgIpc) is 4.03. The SMILES string of the molecule is CCc1nc(C)oc1C(=O)Nc1nc2cc(C(N)=O)cc3c2n1C/C=C/Cn1c(NC(=O)c2oc(C)nc2CC)nc2cc(C(=O)N4CCN(CCO)CC4)cc(c21)OCCCO3. The van der Waals surface area contributed by atoms with E-state index in [1.807, 2.05) is 26.0 Å². The van der Waals surface area contributed by atoms with Crippen LogP contribution in [0.1, 0.15) is 85.3 Å². The molecule has 2 aliphatic rings. The number of hydrogen-bond acceptors (Lipinski definition) is 14. The predicted octanol–water partition coefficient (Wildman–Crippen LogP) is 3.87. The molecule has 4 aromatic heterocycles. The highest BCUT2D eigenvalue weighted by atomic mass is 16.5. The van der Waals surface area contributed by atoms with Crippen LogP contribution in [-0.2, 0) is 25.9 Å². The number of primary amides is 1. The number of carbonyl (C=O) groups is 4. The number of aromatic nitrogens is 6. The van der Waals surface area contributed by atoms with E-state index in [0.29, 0.717) is 114 Å². The summed E-state index contributed by atoms with van der Waals surface area (Å²) in [5.74, 6) is -0.160. The number of aliphatic hydroxyl groups is 1. The molecule has 1 fully saturated rings. The van der Waals surface area contributed by atoms with Gasteiger partial charge in [0, 0.05) is 77.2 Å². The lowest BCUT2D eigenvalue weighted by Crippen LogP contribution is -2.49. The second kappa shape index (κ2) is 18.1. The Balaban J connectivity index is 1.20. The molecule has 330 valence electrons. The number of nitrogens with two attached hydrogens (primary N) is 1. The van der Waals surface area contributed by atoms with E-state index in [-0.39, 0.29) is 67.8 Å². The van der Waals surface area contributed by atoms with Crippen LogP contribution in [0.25, 0.3) is 22.1 Å². The number of aryl methyl sites for hydroxylation is 4. The fourth-order valence-electron chi connectivity index (χ4n) is 7.86. The number of amides is 4. The molecule has 2 aliphatic heterocycles. The molecule has 20 nitrogen and oxygen atoms in total. The monoisotopic (exact) mass is 863 g/mol. The topological polar surface area (TPSA) is 251 Å². The number of piperazine rings is 1. The van der Waals surface area contributed by atoms with E-state index < -0.39 is 17.7 Å². The lowest BCUT2D eigenvalue weighted by molar-refractivity contribution is 0.0614. The molecule has 0 spiro atoms. The highest BCUT2D eigenvalue weighted by molar-refractivity contribution is 6.05. The molecular weight excluding hydrogens is 815 g/mol. The van der Waals surface area contributed by atoms with Crippen molar-refractivity contribution in [3.8, 4) is 11.5 Å². The van der Waals surface area contributed by atoms with Crippen molar-refractivity contribution < 1.29 is 42.6 Å². The minimum Gasteiger partial charge on any atom is -0.491 e. The third kappa shape index (κ3) is 8.71. The van der Waals surface area contributed by atoms with E-state index in [1.165, 1.54) is 6.07 Å². The summed E-state index contributed by atoms with van der Waals surface area (Å²) in [5.41, 5.74) is 9.04. The number of oxazole rings is 2. The Morgan fingerprint density at radius 3 is 1.68 bits per heavy atom. The molecular formula is C43H49N11O9. The normalized spacial score (nSPS) is 15.3. The summed E-state index contributed by atoms with van der Waals surface area (Å²) in [6.07, 6.45) is 4.99. The Kier molecular flexibility index (Phi) is 12.3. The number of nitrogens with zero attached hydrogens (tertiary/aromatic N) is 8. The standard InChI is InChI=1S/C43H49N11O9/c1-5-28-36(62-24(3)45-28)39(57)49-42-47-30-20-26(38(44)56)22-32-34(30)53(42)10-7-8-11-54-35-31(48-43(54)50-40(58)37-29(6-2)46-25(4)63-37)21-27(23-33(35)61-19-9-18-60-32)41(59)52-14-12-51(13-15-52)16-17-55/h7-8,20-23,55H,5-6,9-19H2,1-4H3,(H2,44,56)(H,47,49,57)(H,48,50,58)/b8-7+. The van der Waals surface area contributed by atoms with Crippen LogP contribution in [0.15, 0.2) is 45.3 Å². The van der Waals surface area contributed by atoms with Crippen molar-refractivity contribution in [2.75, 3.05) is 63.2 Å². The van der Waals surface area contributed by atoms with Crippen molar-refractivity contribution >= 4 is 57.6 Å². The molecule has 6 aromatic rings. The Bertz CT molecular complexity index is 2750. The molecule has 0 atom stereocenters. The Morgan fingerprint density at radius 1 is 0.714 bits per heavy atom. The summed E-state index contributed by atoms with van der Waals surface area (Å²) >= 11 is 0. The molecule has 8 rings (SSSR count). The quantitative estimate of drug-likeness (QED) is 0.143. The van der Waals surface area contributed by atoms with Crippen LogP contribution in [0.3, 0.4) is 0 Å². The van der Waals surface area contributed by atoms with Gasteiger partial charge >= 0.3 is 0 Å². The van der Waals surface area contributed by atoms with Gasteiger partial charge in [-0.2, -0.15) is 0 Å². The van der Waals surface area contributed by atoms with Crippen LogP contribution in [0, 0.1) is 13.8 Å². The highest BCUT2D eigenvalue weighted by Gasteiger charge is 2.28. The fourth-order valence-corrected chi connectivity index (χ4v) is 7.86. The number of β-amino-alcohol motifs (C(OH)–C–C–N with tert-alkyl or cyclic N) is 1. The number of benzene rings is 2. The molecule has 6 heterocycles. The summed E-state index contributed by atoms with van der Waals surface area (Å²) in [4.78, 5) is 76.1. The first-order valence-electron chi connectivity index (χ1n) is 20.9. The van der Waals surface area contributed by atoms with Gasteiger partial charge in [0.2, 0.25) is 29.3 Å². The predicted molar refractivity (Wildman–Crippen MR) is 229 cm³/mol. The summed E-state index contributed by atoms with van der Waals surface area (Å²) in [5, 5.41) is 15.2. The van der Waals surface area contributed by atoms with E-state index in [1.54, 1.807) is 46.1 Å². The van der Waals surface area contributed by atoms with E-state index in [4.69, 9.17) is 34.0 Å². The summed E-state index contributed by atoms with van der Waals surface area (Å²) < 4.78 is 27.7. The summed E-state index contributed by atoms with van der Waals surface area (Å²) in [6, 6.07) is 6.46. The lowest BCUT2D eigenvalue weighted by atomic mass is 10.1. The van der Waals surface area contributed by atoms with Crippen LogP contribution < -0.4 is 25.8 Å². The molecule has 0 radical (unpaired) electrons. The zero-order valence-electron chi connectivity index (χ0n) is 35.5. The maximum absolute atomic E-state index is 14.0. The average molecular weight is 864 g/mol. The number of carbonyl (C=O) groups excluding carboxylic acids is 4. The van der Waals surface area contributed by atoms with Crippen molar-refractivity contribution in [2.24, 2.45) is 5.73 Å². The minimum atomic E-state index is -0.686. The van der Waals surface area contributed by atoms with Gasteiger partial charge in [-0.3, -0.25) is 34.7 Å². The van der Waals surface area contributed by atoms with Crippen molar-refractivity contribution in [1.29, 1.82) is 0 Å². The molecule has 0 aliphatic carbocycles. The molecule has 0 bridgehead atoms. The molecule has 1 saturated heterocycles. The van der Waals surface area contributed by atoms with E-state index in [0.717, 1.165) is 0 Å². The van der Waals surface area contributed by atoms with Gasteiger partial charge in [0.1, 0.15) is 22.5 Å². The maximum atomic E-state index is 14.0. The largest absolute Gasteiger partial charge is 0.491 e. The second-order valence-electron chi connectivity index (χ2n) is 15.2. The van der Waals surface area contributed by atoms with Gasteiger partial charge in [0.15, 0.2) is 11.8 Å². The number of hydrogen-bond donors (Lipinski definition) is 4. The Morgan fingerprint density at radius 2 is 1.21 bits per heavy atom. The molecule has 0 unspecified atom stereocenters. The molecule has 5 N–H and O–H groups in total. The third-order valence-electron chi connectivity index (χ3n) is 10.9. The van der Waals surface area contributed by atoms with Crippen molar-refractivity contribution in [3.63, 3.8) is 0 Å². The van der Waals surface area contributed by atoms with Crippen LogP contribution in [-0.4, -0.2) is 120 Å². The summed E-state index contributed by atoms with van der Waals surface area (Å²) in [7, 11) is 0. The lowest BCUT2D eigenvalue weighted by Gasteiger charge is -2.34. The number of nitrogens with one attached hydrogen (secondary N) is 2. The van der Waals surface area contributed by atoms with E-state index in [2.05, 4.69) is 25.5 Å². The van der Waals surface area contributed by atoms with Crippen LogP contribution >= 0.6 is 0 Å². The van der Waals surface area contributed by atoms with Gasteiger partial charge < -0.3 is 43.2 Å². The van der Waals surface area contributed by atoms with Crippen molar-refractivity contribution in [3.05, 3.63) is 82.2 Å². The number of rotatable bonds is 10. The van der Waals surface area contributed by atoms with Gasteiger partial charge in [-0.25, -0.2) is 19.9 Å². The van der Waals surface area contributed by atoms with Crippen LogP contribution in [0.2, 0.25) is 0 Å². The van der Waals surface area contributed by atoms with Gasteiger partial charge in [-0.05, 0) is 37.1 Å². The van der Waals surface area contributed by atoms with Gasteiger partial charge in [0.25, 0.3) is 17.7 Å². The molecule has 20 heteroatoms. The van der Waals surface area contributed by atoms with Crippen LogP contribution in [0.5, 0.6) is 11.5 Å². The molecule has 0 saturated carbocycles. The molecule has 4 amide bonds. The first kappa shape index (κ1) is 42.6. The Labute approximate surface area is 361 Å². The first-order valence-corrected chi connectivity index (χ1v) is 20.9. The Hall–Kier alpha value is -7.06. The number of aliphatic hydroxyl groups excluding tert-OH is 1. The molecule has 2 aromatic carbocycles. The minimum absolute atomic E-state index is 0.0424. The highest BCUT2D eigenvalue weighted by Crippen LogP contribution is 2.34.